The number of thiophene rings is 1. The van der Waals surface area contributed by atoms with E-state index in [1.165, 1.54) is 37.1 Å². The Morgan fingerprint density at radius 2 is 2.08 bits per heavy atom. The molecule has 2 aromatic heterocycles. The third-order valence-corrected chi connectivity index (χ3v) is 4.19. The van der Waals surface area contributed by atoms with Gasteiger partial charge in [-0.2, -0.15) is 0 Å². The Hall–Kier alpha value is -2.26. The molecule has 0 aromatic carbocycles. The molecule has 2 rings (SSSR count). The fraction of sp³-hybridized carbons (Fsp3) is 0.467. The molecule has 0 radical (unpaired) electrons. The van der Waals surface area contributed by atoms with Crippen LogP contribution in [0.5, 0.6) is 0 Å². The summed E-state index contributed by atoms with van der Waals surface area (Å²) in [6.07, 6.45) is 1.28. The van der Waals surface area contributed by atoms with Gasteiger partial charge >= 0.3 is 11.9 Å². The number of carbonyl (C=O) groups excluding carboxylic acids is 2. The molecule has 24 heavy (non-hydrogen) atoms. The van der Waals surface area contributed by atoms with Gasteiger partial charge in [-0.15, -0.1) is 11.3 Å². The average molecular weight is 354 g/mol. The van der Waals surface area contributed by atoms with Crippen molar-refractivity contribution in [3.8, 4) is 0 Å². The Morgan fingerprint density at radius 3 is 2.75 bits per heavy atom. The van der Waals surface area contributed by atoms with E-state index in [2.05, 4.69) is 4.98 Å². The molecule has 130 valence electrons. The summed E-state index contributed by atoms with van der Waals surface area (Å²) in [6.45, 7) is 3.77. The van der Waals surface area contributed by atoms with E-state index in [0.29, 0.717) is 4.83 Å². The van der Waals surface area contributed by atoms with E-state index in [4.69, 9.17) is 14.2 Å². The van der Waals surface area contributed by atoms with Crippen molar-refractivity contribution in [3.05, 3.63) is 27.6 Å². The number of methoxy groups -OCH3 is 1. The predicted octanol–water partition coefficient (Wildman–Crippen LogP) is 1.39. The third-order valence-electron chi connectivity index (χ3n) is 3.30. The van der Waals surface area contributed by atoms with Crippen LogP contribution in [0.3, 0.4) is 0 Å². The summed E-state index contributed by atoms with van der Waals surface area (Å²) < 4.78 is 15.9. The SMILES string of the molecule is CCOC(=O)c1csc2ncn(C(C)C(=O)OCCOC)c(=O)c12. The zero-order chi connectivity index (χ0) is 17.7. The first-order valence-corrected chi connectivity index (χ1v) is 8.20. The molecule has 1 unspecified atom stereocenters. The van der Waals surface area contributed by atoms with Crippen molar-refractivity contribution in [1.29, 1.82) is 0 Å². The van der Waals surface area contributed by atoms with Crippen LogP contribution in [0.1, 0.15) is 30.2 Å². The molecule has 0 saturated carbocycles. The molecule has 9 heteroatoms. The van der Waals surface area contributed by atoms with Gasteiger partial charge in [-0.25, -0.2) is 14.6 Å². The Morgan fingerprint density at radius 1 is 1.33 bits per heavy atom. The van der Waals surface area contributed by atoms with Crippen molar-refractivity contribution in [3.63, 3.8) is 0 Å². The zero-order valence-corrected chi connectivity index (χ0v) is 14.4. The van der Waals surface area contributed by atoms with Gasteiger partial charge in [-0.1, -0.05) is 0 Å². The van der Waals surface area contributed by atoms with Gasteiger partial charge in [-0.3, -0.25) is 9.36 Å². The monoisotopic (exact) mass is 354 g/mol. The van der Waals surface area contributed by atoms with E-state index in [1.807, 2.05) is 0 Å². The summed E-state index contributed by atoms with van der Waals surface area (Å²) in [5.74, 6) is -1.17. The number of ether oxygens (including phenoxy) is 3. The second kappa shape index (κ2) is 8.02. The molecule has 1 atom stereocenters. The number of aromatic nitrogens is 2. The van der Waals surface area contributed by atoms with Gasteiger partial charge in [0.05, 0.1) is 30.5 Å². The number of nitrogens with zero attached hydrogens (tertiary/aromatic N) is 2. The molecule has 0 aliphatic carbocycles. The van der Waals surface area contributed by atoms with Gasteiger partial charge in [0, 0.05) is 12.5 Å². The Kier molecular flexibility index (Phi) is 6.04. The Labute approximate surface area is 142 Å². The highest BCUT2D eigenvalue weighted by molar-refractivity contribution is 7.17. The first-order chi connectivity index (χ1) is 11.5. The van der Waals surface area contributed by atoms with E-state index >= 15 is 0 Å². The normalized spacial score (nSPS) is 12.1. The molecule has 0 fully saturated rings. The van der Waals surface area contributed by atoms with Crippen molar-refractivity contribution in [2.75, 3.05) is 26.9 Å². The molecule has 8 nitrogen and oxygen atoms in total. The summed E-state index contributed by atoms with van der Waals surface area (Å²) in [4.78, 5) is 41.2. The smallest absolute Gasteiger partial charge is 0.339 e. The van der Waals surface area contributed by atoms with Crippen LogP contribution in [0, 0.1) is 0 Å². The number of hydrogen-bond acceptors (Lipinski definition) is 8. The van der Waals surface area contributed by atoms with Crippen molar-refractivity contribution in [2.24, 2.45) is 0 Å². The summed E-state index contributed by atoms with van der Waals surface area (Å²) in [5, 5.41) is 1.68. The fourth-order valence-electron chi connectivity index (χ4n) is 2.04. The number of rotatable bonds is 7. The van der Waals surface area contributed by atoms with Crippen LogP contribution in [0.2, 0.25) is 0 Å². The van der Waals surface area contributed by atoms with Crippen molar-refractivity contribution >= 4 is 33.5 Å². The lowest BCUT2D eigenvalue weighted by Gasteiger charge is -2.14. The summed E-state index contributed by atoms with van der Waals surface area (Å²) in [7, 11) is 1.49. The molecule has 0 bridgehead atoms. The van der Waals surface area contributed by atoms with Gasteiger partial charge in [0.2, 0.25) is 0 Å². The molecule has 0 aliphatic heterocycles. The van der Waals surface area contributed by atoms with Crippen LogP contribution in [0.25, 0.3) is 10.2 Å². The predicted molar refractivity (Wildman–Crippen MR) is 87.4 cm³/mol. The zero-order valence-electron chi connectivity index (χ0n) is 13.6. The lowest BCUT2D eigenvalue weighted by Crippen LogP contribution is -2.30. The summed E-state index contributed by atoms with van der Waals surface area (Å²) in [5.41, 5.74) is -0.329. The lowest BCUT2D eigenvalue weighted by molar-refractivity contribution is -0.148. The maximum absolute atomic E-state index is 12.7. The molecular formula is C15H18N2O6S. The van der Waals surface area contributed by atoms with Gasteiger partial charge in [-0.05, 0) is 13.8 Å². The van der Waals surface area contributed by atoms with E-state index in [9.17, 15) is 14.4 Å². The van der Waals surface area contributed by atoms with E-state index in [0.717, 1.165) is 4.57 Å². The highest BCUT2D eigenvalue weighted by Gasteiger charge is 2.23. The van der Waals surface area contributed by atoms with Crippen LogP contribution in [-0.2, 0) is 19.0 Å². The number of hydrogen-bond donors (Lipinski definition) is 0. The molecular weight excluding hydrogens is 336 g/mol. The van der Waals surface area contributed by atoms with Crippen LogP contribution in [0.15, 0.2) is 16.5 Å². The van der Waals surface area contributed by atoms with Crippen molar-refractivity contribution < 1.29 is 23.8 Å². The minimum atomic E-state index is -0.874. The van der Waals surface area contributed by atoms with Crippen LogP contribution < -0.4 is 5.56 Å². The van der Waals surface area contributed by atoms with Gasteiger partial charge in [0.25, 0.3) is 5.56 Å². The Bertz CT molecular complexity index is 797. The summed E-state index contributed by atoms with van der Waals surface area (Å²) >= 11 is 1.17. The van der Waals surface area contributed by atoms with Gasteiger partial charge < -0.3 is 14.2 Å². The van der Waals surface area contributed by atoms with Crippen LogP contribution >= 0.6 is 11.3 Å². The molecule has 0 amide bonds. The standard InChI is InChI=1S/C15H18N2O6S/c1-4-22-15(20)10-7-24-12-11(10)13(18)17(8-16-12)9(2)14(19)23-6-5-21-3/h7-9H,4-6H2,1-3H3. The Balaban J connectivity index is 2.36. The molecule has 2 heterocycles. The number of carbonyl (C=O) groups is 2. The minimum absolute atomic E-state index is 0.0939. The van der Waals surface area contributed by atoms with E-state index in [-0.39, 0.29) is 30.8 Å². The second-order valence-electron chi connectivity index (χ2n) is 4.84. The first-order valence-electron chi connectivity index (χ1n) is 7.32. The van der Waals surface area contributed by atoms with E-state index in [1.54, 1.807) is 6.92 Å². The van der Waals surface area contributed by atoms with Gasteiger partial charge in [0.15, 0.2) is 0 Å². The molecule has 0 aliphatic rings. The molecule has 0 N–H and O–H groups in total. The highest BCUT2D eigenvalue weighted by atomic mass is 32.1. The third kappa shape index (κ3) is 3.62. The van der Waals surface area contributed by atoms with E-state index < -0.39 is 23.5 Å². The highest BCUT2D eigenvalue weighted by Crippen LogP contribution is 2.22. The van der Waals surface area contributed by atoms with Crippen molar-refractivity contribution in [2.45, 2.75) is 19.9 Å². The molecule has 0 spiro atoms. The average Bonchev–Trinajstić information content (AvgIpc) is 3.00. The first kappa shape index (κ1) is 18.1. The minimum Gasteiger partial charge on any atom is -0.462 e. The summed E-state index contributed by atoms with van der Waals surface area (Å²) in [6, 6.07) is -0.874. The second-order valence-corrected chi connectivity index (χ2v) is 5.70. The molecule has 0 saturated heterocycles. The molecule has 2 aromatic rings. The van der Waals surface area contributed by atoms with Crippen LogP contribution in [0.4, 0.5) is 0 Å². The number of esters is 2. The van der Waals surface area contributed by atoms with Gasteiger partial charge in [0.1, 0.15) is 17.5 Å². The largest absolute Gasteiger partial charge is 0.462 e. The maximum Gasteiger partial charge on any atom is 0.339 e. The lowest BCUT2D eigenvalue weighted by atomic mass is 10.2. The maximum atomic E-state index is 12.7. The topological polar surface area (TPSA) is 96.7 Å². The quantitative estimate of drug-likeness (QED) is 0.547. The number of fused-ring (bicyclic) bond motifs is 1. The van der Waals surface area contributed by atoms with Crippen LogP contribution in [-0.4, -0.2) is 48.4 Å². The van der Waals surface area contributed by atoms with Crippen molar-refractivity contribution in [1.82, 2.24) is 9.55 Å². The fourth-order valence-corrected chi connectivity index (χ4v) is 2.91.